The van der Waals surface area contributed by atoms with Crippen LogP contribution >= 0.6 is 0 Å². The highest BCUT2D eigenvalue weighted by Crippen LogP contribution is 2.29. The summed E-state index contributed by atoms with van der Waals surface area (Å²) in [7, 11) is 0. The van der Waals surface area contributed by atoms with Crippen LogP contribution in [0.4, 0.5) is 0 Å². The number of aryl methyl sites for hydroxylation is 1. The normalized spacial score (nSPS) is 26.3. The van der Waals surface area contributed by atoms with Crippen LogP contribution in [0, 0.1) is 6.92 Å². The number of rotatable bonds is 4. The molecule has 2 heterocycles. The van der Waals surface area contributed by atoms with E-state index in [-0.39, 0.29) is 6.61 Å². The highest BCUT2D eigenvalue weighted by atomic mass is 16.7. The maximum atomic E-state index is 11.7. The van der Waals surface area contributed by atoms with Crippen LogP contribution in [0.15, 0.2) is 20.9 Å². The lowest BCUT2D eigenvalue weighted by Gasteiger charge is -2.14. The van der Waals surface area contributed by atoms with Crippen LogP contribution in [0.2, 0.25) is 0 Å². The minimum absolute atomic E-state index is 0.256. The summed E-state index contributed by atoms with van der Waals surface area (Å²) in [5, 5.41) is 12.5. The van der Waals surface area contributed by atoms with Gasteiger partial charge in [-0.25, -0.2) is 4.79 Å². The van der Waals surface area contributed by atoms with Gasteiger partial charge in [0.25, 0.3) is 5.56 Å². The summed E-state index contributed by atoms with van der Waals surface area (Å²) < 4.78 is 6.79. The summed E-state index contributed by atoms with van der Waals surface area (Å²) in [6.45, 7) is 4.54. The molecule has 1 fully saturated rings. The van der Waals surface area contributed by atoms with E-state index in [1.54, 1.807) is 6.92 Å². The number of hydrogen-bond acceptors (Lipinski definition) is 6. The molecule has 1 aromatic heterocycles. The highest BCUT2D eigenvalue weighted by Gasteiger charge is 2.38. The third-order valence-corrected chi connectivity index (χ3v) is 3.03. The highest BCUT2D eigenvalue weighted by molar-refractivity contribution is 5.21. The molecule has 0 aromatic carbocycles. The molecule has 0 saturated carbocycles. The summed E-state index contributed by atoms with van der Waals surface area (Å²) >= 11 is 0. The first-order valence-electron chi connectivity index (χ1n) is 5.77. The van der Waals surface area contributed by atoms with E-state index in [1.165, 1.54) is 10.8 Å². The monoisotopic (exact) mass is 269 g/mol. The molecule has 1 saturated heterocycles. The van der Waals surface area contributed by atoms with Crippen LogP contribution in [0.25, 0.3) is 0 Å². The standard InChI is InChI=1S/C11H15N3O5/c1-6-4-14(11(17)13-10(6)16)9-3-7(19-12-2)8(5-15)18-9/h4,7-9,15H,2-3,5H2,1H3,(H,13,16,17)/t7-,8+,9+/m0/s1. The Morgan fingerprint density at radius 1 is 1.68 bits per heavy atom. The van der Waals surface area contributed by atoms with Crippen molar-refractivity contribution in [1.29, 1.82) is 0 Å². The number of aromatic nitrogens is 2. The van der Waals surface area contributed by atoms with Crippen molar-refractivity contribution in [2.75, 3.05) is 6.61 Å². The van der Waals surface area contributed by atoms with Crippen molar-refractivity contribution in [1.82, 2.24) is 9.55 Å². The molecule has 8 nitrogen and oxygen atoms in total. The molecular weight excluding hydrogens is 254 g/mol. The zero-order chi connectivity index (χ0) is 14.0. The quantitative estimate of drug-likeness (QED) is 0.545. The Kier molecular flexibility index (Phi) is 3.82. The van der Waals surface area contributed by atoms with E-state index in [1.807, 2.05) is 0 Å². The fraction of sp³-hybridized carbons (Fsp3) is 0.545. The van der Waals surface area contributed by atoms with Gasteiger partial charge in [0.1, 0.15) is 12.3 Å². The largest absolute Gasteiger partial charge is 0.394 e. The summed E-state index contributed by atoms with van der Waals surface area (Å²) in [6.07, 6.45) is 0.0628. The summed E-state index contributed by atoms with van der Waals surface area (Å²) in [5.74, 6) is 0. The third-order valence-electron chi connectivity index (χ3n) is 3.03. The molecule has 0 spiro atoms. The molecule has 2 rings (SSSR count). The van der Waals surface area contributed by atoms with E-state index < -0.39 is 29.7 Å². The van der Waals surface area contributed by atoms with Gasteiger partial charge in [0.15, 0.2) is 6.10 Å². The van der Waals surface area contributed by atoms with Gasteiger partial charge in [-0.15, -0.1) is 5.16 Å². The molecule has 19 heavy (non-hydrogen) atoms. The molecule has 2 N–H and O–H groups in total. The van der Waals surface area contributed by atoms with Gasteiger partial charge in [-0.2, -0.15) is 0 Å². The minimum atomic E-state index is -0.619. The fourth-order valence-corrected chi connectivity index (χ4v) is 2.04. The number of nitrogens with zero attached hydrogens (tertiary/aromatic N) is 2. The van der Waals surface area contributed by atoms with E-state index in [0.29, 0.717) is 12.0 Å². The molecule has 1 aliphatic heterocycles. The molecule has 3 atom stereocenters. The number of oxime groups is 1. The number of hydrogen-bond donors (Lipinski definition) is 2. The molecule has 104 valence electrons. The molecule has 0 bridgehead atoms. The van der Waals surface area contributed by atoms with Crippen LogP contribution in [-0.4, -0.2) is 40.2 Å². The summed E-state index contributed by atoms with van der Waals surface area (Å²) in [4.78, 5) is 30.2. The Bertz CT molecular complexity index is 578. The number of nitrogens with one attached hydrogen (secondary N) is 1. The lowest BCUT2D eigenvalue weighted by atomic mass is 10.2. The molecule has 0 aliphatic carbocycles. The van der Waals surface area contributed by atoms with Gasteiger partial charge < -0.3 is 14.7 Å². The second kappa shape index (κ2) is 5.37. The van der Waals surface area contributed by atoms with Crippen molar-refractivity contribution in [3.05, 3.63) is 32.6 Å². The topological polar surface area (TPSA) is 106 Å². The minimum Gasteiger partial charge on any atom is -0.394 e. The molecule has 8 heteroatoms. The average Bonchev–Trinajstić information content (AvgIpc) is 2.77. The molecule has 1 aromatic rings. The van der Waals surface area contributed by atoms with E-state index in [0.717, 1.165) is 0 Å². The Hall–Kier alpha value is -1.93. The molecule has 0 radical (unpaired) electrons. The maximum Gasteiger partial charge on any atom is 0.330 e. The van der Waals surface area contributed by atoms with Crippen LogP contribution in [-0.2, 0) is 9.57 Å². The average molecular weight is 269 g/mol. The van der Waals surface area contributed by atoms with Crippen molar-refractivity contribution in [3.8, 4) is 0 Å². The van der Waals surface area contributed by atoms with Crippen molar-refractivity contribution in [2.45, 2.75) is 31.8 Å². The summed E-state index contributed by atoms with van der Waals surface area (Å²) in [5.41, 5.74) is -0.599. The first-order chi connectivity index (χ1) is 9.06. The zero-order valence-electron chi connectivity index (χ0n) is 10.4. The second-order valence-electron chi connectivity index (χ2n) is 4.30. The zero-order valence-corrected chi connectivity index (χ0v) is 10.4. The van der Waals surface area contributed by atoms with Crippen molar-refractivity contribution < 1.29 is 14.7 Å². The van der Waals surface area contributed by atoms with Gasteiger partial charge in [0, 0.05) is 24.9 Å². The molecule has 1 aliphatic rings. The predicted molar refractivity (Wildman–Crippen MR) is 66.1 cm³/mol. The number of aliphatic hydroxyl groups is 1. The van der Waals surface area contributed by atoms with E-state index >= 15 is 0 Å². The molecule has 0 amide bonds. The van der Waals surface area contributed by atoms with Gasteiger partial charge in [-0.05, 0) is 6.92 Å². The van der Waals surface area contributed by atoms with Crippen molar-refractivity contribution in [3.63, 3.8) is 0 Å². The van der Waals surface area contributed by atoms with Crippen LogP contribution in [0.3, 0.4) is 0 Å². The number of aliphatic hydroxyl groups excluding tert-OH is 1. The number of ether oxygens (including phenoxy) is 1. The third kappa shape index (κ3) is 2.59. The van der Waals surface area contributed by atoms with Gasteiger partial charge >= 0.3 is 5.69 Å². The second-order valence-corrected chi connectivity index (χ2v) is 4.30. The lowest BCUT2D eigenvalue weighted by Crippen LogP contribution is -2.33. The Morgan fingerprint density at radius 3 is 3.05 bits per heavy atom. The van der Waals surface area contributed by atoms with E-state index in [9.17, 15) is 14.7 Å². The lowest BCUT2D eigenvalue weighted by molar-refractivity contribution is -0.0612. The first kappa shape index (κ1) is 13.5. The van der Waals surface area contributed by atoms with Gasteiger partial charge in [0.05, 0.1) is 6.61 Å². The SMILES string of the molecule is C=NO[C@H]1C[C@H](n2cc(C)c(=O)[nH]c2=O)O[C@@H]1CO. The summed E-state index contributed by atoms with van der Waals surface area (Å²) in [6, 6.07) is 0. The Labute approximate surface area is 108 Å². The van der Waals surface area contributed by atoms with Gasteiger partial charge in [-0.1, -0.05) is 0 Å². The number of H-pyrrole nitrogens is 1. The first-order valence-corrected chi connectivity index (χ1v) is 5.77. The Morgan fingerprint density at radius 2 is 2.42 bits per heavy atom. The van der Waals surface area contributed by atoms with Gasteiger partial charge in [-0.3, -0.25) is 14.3 Å². The fourth-order valence-electron chi connectivity index (χ4n) is 2.04. The van der Waals surface area contributed by atoms with Gasteiger partial charge in [0.2, 0.25) is 0 Å². The van der Waals surface area contributed by atoms with Crippen LogP contribution in [0.1, 0.15) is 18.2 Å². The van der Waals surface area contributed by atoms with E-state index in [4.69, 9.17) is 9.57 Å². The molecular formula is C11H15N3O5. The van der Waals surface area contributed by atoms with Crippen LogP contribution < -0.4 is 11.2 Å². The van der Waals surface area contributed by atoms with Crippen LogP contribution in [0.5, 0.6) is 0 Å². The number of aromatic amines is 1. The smallest absolute Gasteiger partial charge is 0.330 e. The Balaban J connectivity index is 2.29. The molecule has 0 unspecified atom stereocenters. The van der Waals surface area contributed by atoms with Crippen molar-refractivity contribution >= 4 is 6.72 Å². The van der Waals surface area contributed by atoms with E-state index in [2.05, 4.69) is 16.9 Å². The predicted octanol–water partition coefficient (Wildman–Crippen LogP) is -0.874. The maximum absolute atomic E-state index is 11.7. The van der Waals surface area contributed by atoms with Crippen molar-refractivity contribution in [2.24, 2.45) is 5.16 Å².